The summed E-state index contributed by atoms with van der Waals surface area (Å²) in [5.74, 6) is 0. The highest BCUT2D eigenvalue weighted by molar-refractivity contribution is 4.91. The van der Waals surface area contributed by atoms with Crippen molar-refractivity contribution in [1.29, 1.82) is 0 Å². The number of methoxy groups -OCH3 is 6. The van der Waals surface area contributed by atoms with Crippen LogP contribution in [0.4, 0.5) is 0 Å². The van der Waals surface area contributed by atoms with Gasteiger partial charge in [0, 0.05) is 42.7 Å². The molecule has 2 aliphatic rings. The summed E-state index contributed by atoms with van der Waals surface area (Å²) in [6.07, 6.45) is 0.0466. The van der Waals surface area contributed by atoms with Crippen LogP contribution in [0.2, 0.25) is 0 Å². The Bertz CT molecular complexity index is 335. The number of rotatable bonds is 8. The van der Waals surface area contributed by atoms with Crippen molar-refractivity contribution in [2.24, 2.45) is 0 Å². The Labute approximate surface area is 157 Å². The summed E-state index contributed by atoms with van der Waals surface area (Å²) < 4.78 is 42.6. The van der Waals surface area contributed by atoms with Gasteiger partial charge < -0.3 is 37.9 Å². The van der Waals surface area contributed by atoms with Crippen LogP contribution in [0.5, 0.6) is 0 Å². The quantitative estimate of drug-likeness (QED) is 0.615. The summed E-state index contributed by atoms with van der Waals surface area (Å²) >= 11 is 0. The fraction of sp³-hybridized carbons (Fsp3) is 1.00. The van der Waals surface area contributed by atoms with Crippen LogP contribution < -0.4 is 0 Å². The predicted molar refractivity (Wildman–Crippen MR) is 95.6 cm³/mol. The number of ether oxygens (including phenoxy) is 8. The summed E-state index contributed by atoms with van der Waals surface area (Å²) in [6.45, 7) is 5.05. The zero-order valence-electron chi connectivity index (χ0n) is 17.3. The van der Waals surface area contributed by atoms with Crippen molar-refractivity contribution >= 4 is 0 Å². The van der Waals surface area contributed by atoms with Crippen molar-refractivity contribution in [3.05, 3.63) is 0 Å². The van der Waals surface area contributed by atoms with Gasteiger partial charge in [0.2, 0.25) is 0 Å². The SMILES string of the molecule is COC[C@H]1O[C@@H](C)[C@@H](OC)C1OC.COC[C@H]1O[C@@H](C)[C@@H](OC)C1OC. The molecule has 156 valence electrons. The third-order valence-electron chi connectivity index (χ3n) is 4.84. The molecule has 26 heavy (non-hydrogen) atoms. The van der Waals surface area contributed by atoms with E-state index in [2.05, 4.69) is 0 Å². The summed E-state index contributed by atoms with van der Waals surface area (Å²) in [5.41, 5.74) is 0. The second-order valence-electron chi connectivity index (χ2n) is 6.47. The van der Waals surface area contributed by atoms with E-state index in [1.165, 1.54) is 0 Å². The Hall–Kier alpha value is -0.320. The van der Waals surface area contributed by atoms with E-state index in [-0.39, 0.29) is 48.8 Å². The van der Waals surface area contributed by atoms with Crippen molar-refractivity contribution < 1.29 is 37.9 Å². The molecule has 8 heteroatoms. The monoisotopic (exact) mass is 380 g/mol. The Kier molecular flexibility index (Phi) is 11.1. The molecule has 2 rings (SSSR count). The van der Waals surface area contributed by atoms with E-state index in [1.807, 2.05) is 13.8 Å². The third-order valence-corrected chi connectivity index (χ3v) is 4.84. The second-order valence-corrected chi connectivity index (χ2v) is 6.47. The van der Waals surface area contributed by atoms with Crippen LogP contribution in [-0.4, -0.2) is 105 Å². The Morgan fingerprint density at radius 1 is 0.538 bits per heavy atom. The molecule has 2 heterocycles. The predicted octanol–water partition coefficient (Wildman–Crippen LogP) is 0.900. The summed E-state index contributed by atoms with van der Waals surface area (Å²) in [6, 6.07) is 0. The largest absolute Gasteiger partial charge is 0.382 e. The van der Waals surface area contributed by atoms with Gasteiger partial charge in [-0.1, -0.05) is 0 Å². The molecule has 2 saturated heterocycles. The Morgan fingerprint density at radius 3 is 1.08 bits per heavy atom. The first-order chi connectivity index (χ1) is 12.5. The fourth-order valence-corrected chi connectivity index (χ4v) is 3.64. The lowest BCUT2D eigenvalue weighted by atomic mass is 10.1. The molecule has 0 bridgehead atoms. The van der Waals surface area contributed by atoms with Gasteiger partial charge in [0.15, 0.2) is 0 Å². The standard InChI is InChI=1S/2C9H18O4/c2*1-6-8(11-3)9(12-4)7(13-6)5-10-2/h2*6-9H,5H2,1-4H3/t2*6-,7+,8+,9?/m00/s1. The molecule has 2 unspecified atom stereocenters. The minimum absolute atomic E-state index is 0.00477. The molecular formula is C18H36O8. The second kappa shape index (κ2) is 12.2. The summed E-state index contributed by atoms with van der Waals surface area (Å²) in [7, 11) is 9.99. The van der Waals surface area contributed by atoms with Crippen LogP contribution in [0.25, 0.3) is 0 Å². The van der Waals surface area contributed by atoms with E-state index in [0.29, 0.717) is 13.2 Å². The minimum Gasteiger partial charge on any atom is -0.382 e. The van der Waals surface area contributed by atoms with Gasteiger partial charge in [-0.05, 0) is 13.8 Å². The smallest absolute Gasteiger partial charge is 0.114 e. The van der Waals surface area contributed by atoms with Crippen LogP contribution in [0.1, 0.15) is 13.8 Å². The first-order valence-electron chi connectivity index (χ1n) is 8.88. The Morgan fingerprint density at radius 2 is 0.846 bits per heavy atom. The molecule has 0 N–H and O–H groups in total. The normalized spacial score (nSPS) is 39.7. The molecule has 2 fully saturated rings. The van der Waals surface area contributed by atoms with Gasteiger partial charge in [-0.25, -0.2) is 0 Å². The summed E-state index contributed by atoms with van der Waals surface area (Å²) in [4.78, 5) is 0. The number of hydrogen-bond donors (Lipinski definition) is 0. The lowest BCUT2D eigenvalue weighted by molar-refractivity contribution is -0.0471. The van der Waals surface area contributed by atoms with Crippen molar-refractivity contribution in [3.63, 3.8) is 0 Å². The van der Waals surface area contributed by atoms with E-state index < -0.39 is 0 Å². The van der Waals surface area contributed by atoms with Gasteiger partial charge in [0.05, 0.1) is 25.4 Å². The average Bonchev–Trinajstić information content (AvgIpc) is 3.10. The molecule has 0 aromatic carbocycles. The maximum absolute atomic E-state index is 5.63. The van der Waals surface area contributed by atoms with Gasteiger partial charge in [0.25, 0.3) is 0 Å². The van der Waals surface area contributed by atoms with Gasteiger partial charge in [-0.3, -0.25) is 0 Å². The lowest BCUT2D eigenvalue weighted by Crippen LogP contribution is -2.37. The zero-order valence-corrected chi connectivity index (χ0v) is 17.3. The van der Waals surface area contributed by atoms with E-state index >= 15 is 0 Å². The molecule has 0 spiro atoms. The molecule has 8 atom stereocenters. The van der Waals surface area contributed by atoms with Crippen LogP contribution in [0.3, 0.4) is 0 Å². The Balaban J connectivity index is 0.000000260. The first-order valence-corrected chi connectivity index (χ1v) is 8.88. The highest BCUT2D eigenvalue weighted by Gasteiger charge is 2.43. The maximum atomic E-state index is 5.63. The molecular weight excluding hydrogens is 344 g/mol. The topological polar surface area (TPSA) is 73.8 Å². The van der Waals surface area contributed by atoms with Crippen LogP contribution in [0.15, 0.2) is 0 Å². The molecule has 0 amide bonds. The molecule has 0 aromatic rings. The van der Waals surface area contributed by atoms with Crippen molar-refractivity contribution in [3.8, 4) is 0 Å². The van der Waals surface area contributed by atoms with E-state index in [0.717, 1.165) is 0 Å². The van der Waals surface area contributed by atoms with E-state index in [4.69, 9.17) is 37.9 Å². The molecule has 0 radical (unpaired) electrons. The van der Waals surface area contributed by atoms with Gasteiger partial charge in [0.1, 0.15) is 36.6 Å². The molecule has 8 nitrogen and oxygen atoms in total. The van der Waals surface area contributed by atoms with Gasteiger partial charge >= 0.3 is 0 Å². The number of hydrogen-bond acceptors (Lipinski definition) is 8. The molecule has 2 aliphatic heterocycles. The molecule has 0 aliphatic carbocycles. The van der Waals surface area contributed by atoms with Gasteiger partial charge in [-0.15, -0.1) is 0 Å². The first kappa shape index (κ1) is 23.7. The van der Waals surface area contributed by atoms with Crippen LogP contribution in [-0.2, 0) is 37.9 Å². The van der Waals surface area contributed by atoms with Crippen molar-refractivity contribution in [2.75, 3.05) is 55.9 Å². The van der Waals surface area contributed by atoms with Crippen molar-refractivity contribution in [1.82, 2.24) is 0 Å². The lowest BCUT2D eigenvalue weighted by Gasteiger charge is -2.20. The van der Waals surface area contributed by atoms with Crippen LogP contribution in [0, 0.1) is 0 Å². The van der Waals surface area contributed by atoms with Crippen molar-refractivity contribution in [2.45, 2.75) is 62.7 Å². The summed E-state index contributed by atoms with van der Waals surface area (Å²) in [5, 5.41) is 0. The molecule has 0 saturated carbocycles. The van der Waals surface area contributed by atoms with E-state index in [9.17, 15) is 0 Å². The van der Waals surface area contributed by atoms with E-state index in [1.54, 1.807) is 42.7 Å². The highest BCUT2D eigenvalue weighted by atomic mass is 16.6. The maximum Gasteiger partial charge on any atom is 0.114 e. The average molecular weight is 380 g/mol. The zero-order chi connectivity index (χ0) is 19.7. The third kappa shape index (κ3) is 5.84. The van der Waals surface area contributed by atoms with Crippen LogP contribution >= 0.6 is 0 Å². The fourth-order valence-electron chi connectivity index (χ4n) is 3.64. The minimum atomic E-state index is -0.0278. The molecule has 0 aromatic heterocycles. The highest BCUT2D eigenvalue weighted by Crippen LogP contribution is 2.26. The van der Waals surface area contributed by atoms with Gasteiger partial charge in [-0.2, -0.15) is 0 Å².